The Kier molecular flexibility index (Phi) is 9.14. The molecule has 18 heteroatoms. The first kappa shape index (κ1) is 28.7. The Hall–Kier alpha value is -3.54. The van der Waals surface area contributed by atoms with E-state index >= 15 is 0 Å². The Bertz CT molecular complexity index is 1400. The highest BCUT2D eigenvalue weighted by Gasteiger charge is 2.12. The van der Waals surface area contributed by atoms with Crippen molar-refractivity contribution in [3.8, 4) is 0 Å². The molecule has 0 aliphatic carbocycles. The van der Waals surface area contributed by atoms with Crippen LogP contribution in [0.15, 0.2) is 58.3 Å². The summed E-state index contributed by atoms with van der Waals surface area (Å²) in [5, 5.41) is 0.432. The van der Waals surface area contributed by atoms with Crippen molar-refractivity contribution in [2.45, 2.75) is 9.79 Å². The first-order chi connectivity index (χ1) is 16.6. The highest BCUT2D eigenvalue weighted by atomic mass is 35.5. The van der Waals surface area contributed by atoms with E-state index in [1.807, 2.05) is 0 Å². The molecule has 2 heterocycles. The fraction of sp³-hybridized carbons (Fsp3) is 0. The molecule has 0 spiro atoms. The van der Waals surface area contributed by atoms with E-state index in [2.05, 4.69) is 19.9 Å². The van der Waals surface area contributed by atoms with Crippen molar-refractivity contribution < 1.29 is 35.9 Å². The molecule has 0 aliphatic rings. The number of anilines is 4. The highest BCUT2D eigenvalue weighted by Crippen LogP contribution is 2.27. The summed E-state index contributed by atoms with van der Waals surface area (Å²) in [5.41, 5.74) is 21.1. The summed E-state index contributed by atoms with van der Waals surface area (Å²) in [6.45, 7) is 0. The Morgan fingerprint density at radius 3 is 1.25 bits per heavy atom. The molecule has 0 saturated carbocycles. The van der Waals surface area contributed by atoms with Crippen molar-refractivity contribution in [1.29, 1.82) is 0 Å². The number of aromatic nitrogens is 4. The smallest absolute Gasteiger partial charge is 0.343 e. The first-order valence-corrected chi connectivity index (χ1v) is 12.8. The van der Waals surface area contributed by atoms with Crippen molar-refractivity contribution in [2.75, 3.05) is 22.9 Å². The molecule has 0 saturated heterocycles. The van der Waals surface area contributed by atoms with Crippen molar-refractivity contribution >= 4 is 77.7 Å². The van der Waals surface area contributed by atoms with Gasteiger partial charge in [-0.25, -0.2) is 26.8 Å². The van der Waals surface area contributed by atoms with E-state index in [0.29, 0.717) is 21.9 Å². The average Bonchev–Trinajstić information content (AvgIpc) is 2.70. The van der Waals surface area contributed by atoms with Gasteiger partial charge in [-0.05, 0) is 35.3 Å². The monoisotopic (exact) mass is 576 g/mol. The normalized spacial score (nSPS) is 11.1. The first-order valence-electron chi connectivity index (χ1n) is 9.23. The molecule has 2 aromatic heterocycles. The zero-order chi connectivity index (χ0) is 27.3. The SMILES string of the molecule is Nc1cc(Cl)nc(N)[nH+]1.Nc1cc(Cl)nc(N)[nH+]1.O=S(=O)([O-])c1cccc2c(S(=O)(=O)[O-])cccc12. The van der Waals surface area contributed by atoms with Crippen LogP contribution in [0.1, 0.15) is 0 Å². The van der Waals surface area contributed by atoms with Crippen molar-refractivity contribution in [3.63, 3.8) is 0 Å². The van der Waals surface area contributed by atoms with Crippen LogP contribution in [0.2, 0.25) is 10.3 Å². The van der Waals surface area contributed by atoms with Crippen LogP contribution in [-0.4, -0.2) is 35.9 Å². The Morgan fingerprint density at radius 2 is 1.00 bits per heavy atom. The molecular weight excluding hydrogens is 559 g/mol. The van der Waals surface area contributed by atoms with E-state index < -0.39 is 30.0 Å². The summed E-state index contributed by atoms with van der Waals surface area (Å²) >= 11 is 10.9. The molecule has 2 aromatic carbocycles. The van der Waals surface area contributed by atoms with Crippen LogP contribution in [0.25, 0.3) is 10.8 Å². The molecular formula is C18H18Cl2N8O6S2. The van der Waals surface area contributed by atoms with E-state index in [4.69, 9.17) is 46.1 Å². The van der Waals surface area contributed by atoms with Crippen LogP contribution >= 0.6 is 23.2 Å². The van der Waals surface area contributed by atoms with Crippen LogP contribution in [0.4, 0.5) is 23.5 Å². The molecule has 4 rings (SSSR count). The van der Waals surface area contributed by atoms with Gasteiger partial charge >= 0.3 is 11.9 Å². The highest BCUT2D eigenvalue weighted by molar-refractivity contribution is 7.86. The van der Waals surface area contributed by atoms with Gasteiger partial charge in [-0.2, -0.15) is 0 Å². The molecule has 4 aromatic rings. The maximum absolute atomic E-state index is 11.0. The molecule has 0 atom stereocenters. The summed E-state index contributed by atoms with van der Waals surface area (Å²) in [5.74, 6) is 1.26. The number of benzene rings is 2. The number of hydrogen-bond donors (Lipinski definition) is 4. The third kappa shape index (κ3) is 8.29. The van der Waals surface area contributed by atoms with Gasteiger partial charge in [0.15, 0.2) is 21.9 Å². The third-order valence-electron chi connectivity index (χ3n) is 3.93. The summed E-state index contributed by atoms with van der Waals surface area (Å²) in [4.78, 5) is 11.3. The number of nitrogen functional groups attached to an aromatic ring is 4. The predicted molar refractivity (Wildman–Crippen MR) is 129 cm³/mol. The van der Waals surface area contributed by atoms with Gasteiger partial charge in [-0.1, -0.05) is 34.2 Å². The number of nitrogens with one attached hydrogen (secondary N) is 2. The molecule has 0 radical (unpaired) electrons. The van der Waals surface area contributed by atoms with Gasteiger partial charge < -0.3 is 32.0 Å². The summed E-state index contributed by atoms with van der Waals surface area (Å²) in [6, 6.07) is 10.1. The van der Waals surface area contributed by atoms with Crippen molar-refractivity contribution in [1.82, 2.24) is 9.97 Å². The lowest BCUT2D eigenvalue weighted by atomic mass is 10.1. The second-order valence-corrected chi connectivity index (χ2v) is 10.1. The largest absolute Gasteiger partial charge is 0.744 e. The molecule has 10 N–H and O–H groups in total. The van der Waals surface area contributed by atoms with Gasteiger partial charge in [0.1, 0.15) is 20.2 Å². The number of nitrogens with zero attached hydrogens (tertiary/aromatic N) is 2. The minimum absolute atomic E-state index is 0.0792. The minimum Gasteiger partial charge on any atom is -0.744 e. The zero-order valence-electron chi connectivity index (χ0n) is 17.8. The number of fused-ring (bicyclic) bond motifs is 1. The van der Waals surface area contributed by atoms with E-state index in [-0.39, 0.29) is 22.7 Å². The lowest BCUT2D eigenvalue weighted by Gasteiger charge is -2.14. The second kappa shape index (κ2) is 11.5. The molecule has 14 nitrogen and oxygen atoms in total. The van der Waals surface area contributed by atoms with Gasteiger partial charge in [0.25, 0.3) is 0 Å². The van der Waals surface area contributed by atoms with Crippen LogP contribution in [0.5, 0.6) is 0 Å². The van der Waals surface area contributed by atoms with Crippen LogP contribution in [0, 0.1) is 0 Å². The maximum atomic E-state index is 11.0. The maximum Gasteiger partial charge on any atom is 0.343 e. The fourth-order valence-electron chi connectivity index (χ4n) is 2.66. The van der Waals surface area contributed by atoms with Crippen LogP contribution in [-0.2, 0) is 20.2 Å². The molecule has 36 heavy (non-hydrogen) atoms. The van der Waals surface area contributed by atoms with Crippen LogP contribution < -0.4 is 32.9 Å². The van der Waals surface area contributed by atoms with Crippen LogP contribution in [0.3, 0.4) is 0 Å². The van der Waals surface area contributed by atoms with Crippen molar-refractivity contribution in [2.24, 2.45) is 0 Å². The summed E-state index contributed by atoms with van der Waals surface area (Å²) in [7, 11) is -9.48. The lowest BCUT2D eigenvalue weighted by Crippen LogP contribution is -2.16. The van der Waals surface area contributed by atoms with Gasteiger partial charge in [0.2, 0.25) is 0 Å². The van der Waals surface area contributed by atoms with Crippen molar-refractivity contribution in [3.05, 3.63) is 58.8 Å². The van der Waals surface area contributed by atoms with E-state index in [0.717, 1.165) is 12.1 Å². The van der Waals surface area contributed by atoms with E-state index in [1.54, 1.807) is 0 Å². The predicted octanol–water partition coefficient (Wildman–Crippen LogP) is 0.0750. The van der Waals surface area contributed by atoms with Gasteiger partial charge in [-0.15, -0.1) is 0 Å². The van der Waals surface area contributed by atoms with Gasteiger partial charge in [-0.3, -0.25) is 0 Å². The number of halogens is 2. The number of hydrogen-bond acceptors (Lipinski definition) is 12. The quantitative estimate of drug-likeness (QED) is 0.182. The van der Waals surface area contributed by atoms with E-state index in [1.165, 1.54) is 36.4 Å². The average molecular weight is 577 g/mol. The topological polar surface area (TPSA) is 273 Å². The van der Waals surface area contributed by atoms with E-state index in [9.17, 15) is 25.9 Å². The van der Waals surface area contributed by atoms with Gasteiger partial charge in [0, 0.05) is 10.8 Å². The Morgan fingerprint density at radius 1 is 0.667 bits per heavy atom. The summed E-state index contributed by atoms with van der Waals surface area (Å²) < 4.78 is 66.1. The lowest BCUT2D eigenvalue weighted by molar-refractivity contribution is -0.347. The number of H-pyrrole nitrogens is 2. The standard InChI is InChI=1S/C10H8O6S2.2C4H5ClN4/c11-17(12,13)9-5-1-3-7-8(9)4-2-6-10(7)18(14,15)16;2*5-2-1-3(6)9-4(7)8-2/h1-6H,(H,11,12,13)(H,14,15,16);2*1H,(H4,6,7,8,9). The number of aromatic amines is 2. The number of nitrogens with two attached hydrogens (primary N) is 4. The summed E-state index contributed by atoms with van der Waals surface area (Å²) in [6.07, 6.45) is 0. The molecule has 0 amide bonds. The molecule has 0 unspecified atom stereocenters. The third-order valence-corrected chi connectivity index (χ3v) is 6.11. The zero-order valence-corrected chi connectivity index (χ0v) is 21.0. The Balaban J connectivity index is 0.000000212. The number of rotatable bonds is 2. The molecule has 0 fully saturated rings. The molecule has 0 aliphatic heterocycles. The Labute approximate surface area is 214 Å². The molecule has 0 bridgehead atoms. The second-order valence-electron chi connectivity index (χ2n) is 6.60. The van der Waals surface area contributed by atoms with Gasteiger partial charge in [0.05, 0.1) is 21.9 Å². The molecule has 192 valence electrons. The minimum atomic E-state index is -4.74. The fourth-order valence-corrected chi connectivity index (χ4v) is 4.47.